The molecule has 27 heavy (non-hydrogen) atoms. The Balaban J connectivity index is 1.92. The second-order valence-electron chi connectivity index (χ2n) is 6.15. The molecule has 0 radical (unpaired) electrons. The minimum atomic E-state index is -3.87. The largest absolute Gasteiger partial charge is 0.298 e. The molecular formula is C20H15N3O3S. The maximum absolute atomic E-state index is 13.0. The number of fused-ring (bicyclic) bond motifs is 1. The monoisotopic (exact) mass is 377 g/mol. The van der Waals surface area contributed by atoms with Crippen LogP contribution in [0.1, 0.15) is 15.9 Å². The van der Waals surface area contributed by atoms with Crippen molar-refractivity contribution in [1.29, 1.82) is 0 Å². The number of aryl methyl sites for hydroxylation is 1. The smallest absolute Gasteiger partial charge is 0.269 e. The third-order valence-corrected chi connectivity index (χ3v) is 6.01. The molecule has 0 aliphatic heterocycles. The van der Waals surface area contributed by atoms with Gasteiger partial charge in [0.1, 0.15) is 0 Å². The minimum Gasteiger partial charge on any atom is -0.298 e. The topological polar surface area (TPSA) is 81.9 Å². The fourth-order valence-corrected chi connectivity index (χ4v) is 4.23. The molecule has 3 aromatic heterocycles. The maximum atomic E-state index is 13.0. The van der Waals surface area contributed by atoms with Crippen molar-refractivity contribution >= 4 is 27.3 Å². The van der Waals surface area contributed by atoms with E-state index in [0.29, 0.717) is 11.7 Å². The average Bonchev–Trinajstić information content (AvgIpc) is 3.08. The van der Waals surface area contributed by atoms with E-state index in [-0.39, 0.29) is 16.1 Å². The van der Waals surface area contributed by atoms with Gasteiger partial charge in [-0.05, 0) is 31.2 Å². The molecule has 0 spiro atoms. The molecule has 0 atom stereocenters. The average molecular weight is 377 g/mol. The lowest BCUT2D eigenvalue weighted by Crippen LogP contribution is -2.12. The van der Waals surface area contributed by atoms with Gasteiger partial charge in [-0.2, -0.15) is 0 Å². The van der Waals surface area contributed by atoms with E-state index in [2.05, 4.69) is 9.97 Å². The van der Waals surface area contributed by atoms with E-state index < -0.39 is 10.0 Å². The van der Waals surface area contributed by atoms with Crippen molar-refractivity contribution in [3.8, 4) is 11.1 Å². The number of hydrogen-bond acceptors (Lipinski definition) is 5. The Kier molecular flexibility index (Phi) is 4.08. The number of benzene rings is 1. The summed E-state index contributed by atoms with van der Waals surface area (Å²) in [6.07, 6.45) is 6.88. The molecule has 4 aromatic rings. The molecule has 4 rings (SSSR count). The summed E-state index contributed by atoms with van der Waals surface area (Å²) in [6.45, 7) is 1.88. The molecule has 3 heterocycles. The van der Waals surface area contributed by atoms with Crippen molar-refractivity contribution < 1.29 is 13.2 Å². The molecule has 0 aliphatic carbocycles. The van der Waals surface area contributed by atoms with Crippen LogP contribution in [0.5, 0.6) is 0 Å². The molecule has 0 N–H and O–H groups in total. The summed E-state index contributed by atoms with van der Waals surface area (Å²) in [4.78, 5) is 20.1. The van der Waals surface area contributed by atoms with Gasteiger partial charge in [0, 0.05) is 46.9 Å². The third kappa shape index (κ3) is 2.92. The first-order chi connectivity index (χ1) is 13.0. The molecule has 0 saturated heterocycles. The fraction of sp³-hybridized carbons (Fsp3) is 0.0500. The summed E-state index contributed by atoms with van der Waals surface area (Å²) < 4.78 is 27.1. The Labute approximate surface area is 156 Å². The van der Waals surface area contributed by atoms with Gasteiger partial charge in [0.05, 0.1) is 4.90 Å². The zero-order chi connectivity index (χ0) is 19.0. The van der Waals surface area contributed by atoms with Crippen LogP contribution in [0.2, 0.25) is 0 Å². The first-order valence-corrected chi connectivity index (χ1v) is 9.63. The normalized spacial score (nSPS) is 11.6. The Morgan fingerprint density at radius 1 is 1.04 bits per heavy atom. The van der Waals surface area contributed by atoms with Crippen LogP contribution in [0.3, 0.4) is 0 Å². The van der Waals surface area contributed by atoms with Gasteiger partial charge in [-0.1, -0.05) is 23.8 Å². The number of aldehydes is 1. The highest BCUT2D eigenvalue weighted by Crippen LogP contribution is 2.28. The van der Waals surface area contributed by atoms with E-state index >= 15 is 0 Å². The molecule has 1 aromatic carbocycles. The highest BCUT2D eigenvalue weighted by molar-refractivity contribution is 7.90. The number of nitrogens with zero attached hydrogens (tertiary/aromatic N) is 3. The number of aromatic nitrogens is 3. The summed E-state index contributed by atoms with van der Waals surface area (Å²) in [5.41, 5.74) is 3.02. The Hall–Kier alpha value is -3.32. The quantitative estimate of drug-likeness (QED) is 0.509. The summed E-state index contributed by atoms with van der Waals surface area (Å²) >= 11 is 0. The van der Waals surface area contributed by atoms with E-state index in [1.807, 2.05) is 13.0 Å². The van der Waals surface area contributed by atoms with Crippen LogP contribution in [0, 0.1) is 6.92 Å². The van der Waals surface area contributed by atoms with Crippen molar-refractivity contribution in [2.45, 2.75) is 11.8 Å². The summed E-state index contributed by atoms with van der Waals surface area (Å²) in [5.74, 6) is 0. The molecule has 134 valence electrons. The third-order valence-electron chi connectivity index (χ3n) is 4.34. The van der Waals surface area contributed by atoms with Crippen molar-refractivity contribution in [2.75, 3.05) is 0 Å². The summed E-state index contributed by atoms with van der Waals surface area (Å²) in [7, 11) is -3.87. The zero-order valence-electron chi connectivity index (χ0n) is 14.4. The standard InChI is InChI=1S/C20H15N3O3S/c1-14-4-6-18(7-5-14)27(25,26)23-12-17(13-24)19-9-16(11-22-20(19)23)15-3-2-8-21-10-15/h2-13H,1H3. The van der Waals surface area contributed by atoms with E-state index in [1.165, 1.54) is 6.20 Å². The molecule has 7 heteroatoms. The van der Waals surface area contributed by atoms with Crippen molar-refractivity contribution in [3.05, 3.63) is 78.4 Å². The minimum absolute atomic E-state index is 0.139. The second kappa shape index (κ2) is 6.44. The molecular weight excluding hydrogens is 362 g/mol. The Morgan fingerprint density at radius 2 is 1.81 bits per heavy atom. The number of carbonyl (C=O) groups excluding carboxylic acids is 1. The molecule has 0 bridgehead atoms. The summed E-state index contributed by atoms with van der Waals surface area (Å²) in [5, 5.41) is 0.474. The van der Waals surface area contributed by atoms with Gasteiger partial charge in [0.15, 0.2) is 11.9 Å². The van der Waals surface area contributed by atoms with Gasteiger partial charge >= 0.3 is 0 Å². The van der Waals surface area contributed by atoms with Crippen LogP contribution in [0.4, 0.5) is 0 Å². The fourth-order valence-electron chi connectivity index (χ4n) is 2.89. The maximum Gasteiger partial charge on any atom is 0.269 e. The van der Waals surface area contributed by atoms with Gasteiger partial charge in [-0.3, -0.25) is 9.78 Å². The number of pyridine rings is 2. The molecule has 6 nitrogen and oxygen atoms in total. The van der Waals surface area contributed by atoms with Gasteiger partial charge in [-0.15, -0.1) is 0 Å². The lowest BCUT2D eigenvalue weighted by atomic mass is 10.1. The summed E-state index contributed by atoms with van der Waals surface area (Å²) in [6, 6.07) is 12.0. The van der Waals surface area contributed by atoms with Gasteiger partial charge in [-0.25, -0.2) is 17.4 Å². The van der Waals surface area contributed by atoms with Gasteiger partial charge in [0.2, 0.25) is 0 Å². The highest BCUT2D eigenvalue weighted by Gasteiger charge is 2.22. The van der Waals surface area contributed by atoms with E-state index in [9.17, 15) is 13.2 Å². The lowest BCUT2D eigenvalue weighted by molar-refractivity contribution is 0.112. The Morgan fingerprint density at radius 3 is 2.48 bits per heavy atom. The molecule has 0 aliphatic rings. The van der Waals surface area contributed by atoms with Gasteiger partial charge < -0.3 is 0 Å². The zero-order valence-corrected chi connectivity index (χ0v) is 15.2. The van der Waals surface area contributed by atoms with Crippen LogP contribution >= 0.6 is 0 Å². The second-order valence-corrected chi connectivity index (χ2v) is 7.97. The van der Waals surface area contributed by atoms with Crippen LogP contribution in [0.15, 0.2) is 72.1 Å². The first kappa shape index (κ1) is 17.1. The molecule has 0 fully saturated rings. The number of carbonyl (C=O) groups is 1. The van der Waals surface area contributed by atoms with Gasteiger partial charge in [0.25, 0.3) is 10.0 Å². The molecule has 0 unspecified atom stereocenters. The van der Waals surface area contributed by atoms with E-state index in [4.69, 9.17) is 0 Å². The van der Waals surface area contributed by atoms with Crippen molar-refractivity contribution in [3.63, 3.8) is 0 Å². The predicted octanol–water partition coefficient (Wildman–Crippen LogP) is 3.46. The predicted molar refractivity (Wildman–Crippen MR) is 102 cm³/mol. The van der Waals surface area contributed by atoms with Crippen LogP contribution in [0.25, 0.3) is 22.2 Å². The van der Waals surface area contributed by atoms with Crippen LogP contribution < -0.4 is 0 Å². The highest BCUT2D eigenvalue weighted by atomic mass is 32.2. The first-order valence-electron chi connectivity index (χ1n) is 8.19. The SMILES string of the molecule is Cc1ccc(S(=O)(=O)n2cc(C=O)c3cc(-c4cccnc4)cnc32)cc1. The molecule has 0 saturated carbocycles. The number of hydrogen-bond donors (Lipinski definition) is 0. The number of rotatable bonds is 4. The Bertz CT molecular complexity index is 1250. The van der Waals surface area contributed by atoms with Crippen LogP contribution in [-0.2, 0) is 10.0 Å². The van der Waals surface area contributed by atoms with Crippen molar-refractivity contribution in [2.24, 2.45) is 0 Å². The molecule has 0 amide bonds. The van der Waals surface area contributed by atoms with E-state index in [0.717, 1.165) is 20.7 Å². The lowest BCUT2D eigenvalue weighted by Gasteiger charge is -2.08. The van der Waals surface area contributed by atoms with Crippen LogP contribution in [-0.4, -0.2) is 28.6 Å². The van der Waals surface area contributed by atoms with Crippen molar-refractivity contribution in [1.82, 2.24) is 13.9 Å². The van der Waals surface area contributed by atoms with E-state index in [1.54, 1.807) is 55.0 Å².